The molecule has 0 atom stereocenters. The lowest BCUT2D eigenvalue weighted by molar-refractivity contribution is -0.151. The molecule has 2 heterocycles. The minimum Gasteiger partial charge on any atom is -0.465 e. The first kappa shape index (κ1) is 22.4. The smallest absolute Gasteiger partial charge is 0.426 e. The van der Waals surface area contributed by atoms with Crippen LogP contribution in [0.25, 0.3) is 16.6 Å². The fourth-order valence-corrected chi connectivity index (χ4v) is 4.98. The molecule has 3 aromatic rings. The number of nitrogens with zero attached hydrogens (tertiary/aromatic N) is 3. The molecule has 0 bridgehead atoms. The van der Waals surface area contributed by atoms with E-state index in [2.05, 4.69) is 24.5 Å². The third-order valence-corrected chi connectivity index (χ3v) is 6.87. The summed E-state index contributed by atoms with van der Waals surface area (Å²) in [6.45, 7) is 8.21. The monoisotopic (exact) mass is 465 g/mol. The molecule has 2 aromatic carbocycles. The van der Waals surface area contributed by atoms with Crippen LogP contribution < -0.4 is 5.01 Å². The molecule has 0 radical (unpaired) electrons. The molecule has 7 nitrogen and oxygen atoms in total. The van der Waals surface area contributed by atoms with E-state index in [0.717, 1.165) is 27.8 Å². The molecule has 5 rings (SSSR count). The minimum absolute atomic E-state index is 0.193. The first-order valence-corrected chi connectivity index (χ1v) is 11.6. The van der Waals surface area contributed by atoms with Gasteiger partial charge in [-0.1, -0.05) is 13.8 Å². The van der Waals surface area contributed by atoms with Gasteiger partial charge in [0.1, 0.15) is 11.4 Å². The highest BCUT2D eigenvalue weighted by molar-refractivity contribution is 5.96. The second-order valence-electron chi connectivity index (χ2n) is 9.44. The average Bonchev–Trinajstić information content (AvgIpc) is 3.38. The van der Waals surface area contributed by atoms with Crippen LogP contribution in [0.3, 0.4) is 0 Å². The Bertz CT molecular complexity index is 1330. The fourth-order valence-electron chi connectivity index (χ4n) is 4.98. The van der Waals surface area contributed by atoms with Gasteiger partial charge in [-0.15, -0.1) is 0 Å². The van der Waals surface area contributed by atoms with Crippen molar-refractivity contribution in [2.75, 3.05) is 11.6 Å². The van der Waals surface area contributed by atoms with Crippen molar-refractivity contribution in [3.8, 4) is 5.69 Å². The van der Waals surface area contributed by atoms with Gasteiger partial charge in [-0.3, -0.25) is 0 Å². The van der Waals surface area contributed by atoms with Gasteiger partial charge in [0.15, 0.2) is 0 Å². The van der Waals surface area contributed by atoms with Gasteiger partial charge in [0.2, 0.25) is 0 Å². The number of aromatic nitrogens is 1. The number of hydrogen-bond acceptors (Lipinski definition) is 4. The highest BCUT2D eigenvalue weighted by Gasteiger charge is 2.60. The van der Waals surface area contributed by atoms with E-state index in [1.54, 1.807) is 24.9 Å². The van der Waals surface area contributed by atoms with Gasteiger partial charge < -0.3 is 14.4 Å². The Balaban J connectivity index is 1.66. The van der Waals surface area contributed by atoms with E-state index >= 15 is 0 Å². The second-order valence-corrected chi connectivity index (χ2v) is 9.44. The lowest BCUT2D eigenvalue weighted by Crippen LogP contribution is -2.53. The molecule has 1 aliphatic heterocycles. The fraction of sp³-hybridized carbons (Fsp3) is 0.385. The molecule has 1 aliphatic carbocycles. The Labute approximate surface area is 197 Å². The quantitative estimate of drug-likeness (QED) is 0.503. The maximum absolute atomic E-state index is 14.0. The molecule has 1 N–H and O–H groups in total. The standard InChI is InChI=1S/C26H28FN3O4/c1-5-34-24(31)26(8-9-26)28-14-18-13-22-17(12-23(18)30(28)25(32)33)11-21(15(2)3)29(22)19-6-7-20(27)16(4)10-19/h6-7,10-13,15H,5,8-9,14H2,1-4H3,(H,32,33). The zero-order chi connectivity index (χ0) is 24.4. The summed E-state index contributed by atoms with van der Waals surface area (Å²) in [5.74, 6) is -0.445. The first-order chi connectivity index (χ1) is 16.2. The van der Waals surface area contributed by atoms with E-state index < -0.39 is 11.6 Å². The summed E-state index contributed by atoms with van der Waals surface area (Å²) >= 11 is 0. The predicted octanol–water partition coefficient (Wildman–Crippen LogP) is 5.51. The second kappa shape index (κ2) is 7.84. The van der Waals surface area contributed by atoms with Crippen LogP contribution in [0, 0.1) is 12.7 Å². The van der Waals surface area contributed by atoms with Crippen molar-refractivity contribution in [3.05, 3.63) is 59.0 Å². The van der Waals surface area contributed by atoms with E-state index in [1.807, 2.05) is 18.2 Å². The van der Waals surface area contributed by atoms with Gasteiger partial charge in [-0.2, -0.15) is 5.01 Å². The van der Waals surface area contributed by atoms with Gasteiger partial charge >= 0.3 is 12.1 Å². The van der Waals surface area contributed by atoms with Crippen LogP contribution in [-0.4, -0.2) is 38.9 Å². The zero-order valence-electron chi connectivity index (χ0n) is 19.8. The Morgan fingerprint density at radius 1 is 1.18 bits per heavy atom. The van der Waals surface area contributed by atoms with Crippen molar-refractivity contribution in [1.82, 2.24) is 9.58 Å². The van der Waals surface area contributed by atoms with E-state index in [4.69, 9.17) is 4.74 Å². The molecule has 178 valence electrons. The molecule has 1 amide bonds. The summed E-state index contributed by atoms with van der Waals surface area (Å²) in [5, 5.41) is 13.8. The minimum atomic E-state index is -1.13. The Kier molecular flexibility index (Phi) is 5.16. The Morgan fingerprint density at radius 2 is 1.91 bits per heavy atom. The number of aryl methyl sites for hydroxylation is 1. The van der Waals surface area contributed by atoms with Gasteiger partial charge in [0.05, 0.1) is 17.8 Å². The van der Waals surface area contributed by atoms with Gasteiger partial charge in [-0.25, -0.2) is 19.0 Å². The molecule has 0 saturated heterocycles. The molecule has 1 aromatic heterocycles. The number of hydrogen-bond donors (Lipinski definition) is 1. The van der Waals surface area contributed by atoms with Gasteiger partial charge in [0, 0.05) is 23.3 Å². The number of ether oxygens (including phenoxy) is 1. The third-order valence-electron chi connectivity index (χ3n) is 6.87. The van der Waals surface area contributed by atoms with E-state index in [9.17, 15) is 19.1 Å². The van der Waals surface area contributed by atoms with Crippen molar-refractivity contribution in [2.24, 2.45) is 0 Å². The van der Waals surface area contributed by atoms with Crippen LogP contribution >= 0.6 is 0 Å². The normalized spacial score (nSPS) is 16.8. The SMILES string of the molecule is CCOC(=O)C1(N2Cc3cc4c(cc3N2C(=O)O)cc(C(C)C)n4-c2ccc(F)c(C)c2)CC1. The lowest BCUT2D eigenvalue weighted by Gasteiger charge is -2.32. The number of carbonyl (C=O) groups excluding carboxylic acids is 1. The van der Waals surface area contributed by atoms with Crippen molar-refractivity contribution in [2.45, 2.75) is 58.5 Å². The van der Waals surface area contributed by atoms with Crippen molar-refractivity contribution < 1.29 is 23.8 Å². The molecule has 0 unspecified atom stereocenters. The molecule has 8 heteroatoms. The number of esters is 1. The first-order valence-electron chi connectivity index (χ1n) is 11.6. The zero-order valence-corrected chi connectivity index (χ0v) is 19.8. The number of anilines is 1. The Hall–Kier alpha value is -3.39. The molecule has 2 aliphatic rings. The number of rotatable bonds is 5. The highest BCUT2D eigenvalue weighted by Crippen LogP contribution is 2.50. The van der Waals surface area contributed by atoms with Crippen LogP contribution in [0.5, 0.6) is 0 Å². The van der Waals surface area contributed by atoms with Gasteiger partial charge in [0.25, 0.3) is 0 Å². The van der Waals surface area contributed by atoms with E-state index in [0.29, 0.717) is 30.6 Å². The van der Waals surface area contributed by atoms with E-state index in [-0.39, 0.29) is 24.3 Å². The summed E-state index contributed by atoms with van der Waals surface area (Å²) in [5.41, 5.74) is 3.81. The lowest BCUT2D eigenvalue weighted by atomic mass is 10.1. The number of carboxylic acid groups (broad SMARTS) is 1. The van der Waals surface area contributed by atoms with Crippen LogP contribution in [0.4, 0.5) is 14.9 Å². The summed E-state index contributed by atoms with van der Waals surface area (Å²) in [4.78, 5) is 25.0. The van der Waals surface area contributed by atoms with Crippen LogP contribution in [0.2, 0.25) is 0 Å². The van der Waals surface area contributed by atoms with Gasteiger partial charge in [-0.05, 0) is 80.1 Å². The third kappa shape index (κ3) is 3.27. The summed E-state index contributed by atoms with van der Waals surface area (Å²) in [6.07, 6.45) is -0.0185. The summed E-state index contributed by atoms with van der Waals surface area (Å²) < 4.78 is 21.4. The molecule has 1 saturated carbocycles. The van der Waals surface area contributed by atoms with Crippen LogP contribution in [0.1, 0.15) is 56.4 Å². The molecule has 1 fully saturated rings. The van der Waals surface area contributed by atoms with Crippen LogP contribution in [0.15, 0.2) is 36.4 Å². The number of carbonyl (C=O) groups is 2. The van der Waals surface area contributed by atoms with Crippen molar-refractivity contribution in [1.29, 1.82) is 0 Å². The molecular weight excluding hydrogens is 437 g/mol. The summed E-state index contributed by atoms with van der Waals surface area (Å²) in [6, 6.07) is 11.0. The molecule has 0 spiro atoms. The highest BCUT2D eigenvalue weighted by atomic mass is 19.1. The maximum Gasteiger partial charge on any atom is 0.426 e. The maximum atomic E-state index is 14.0. The Morgan fingerprint density at radius 3 is 2.50 bits per heavy atom. The predicted molar refractivity (Wildman–Crippen MR) is 127 cm³/mol. The topological polar surface area (TPSA) is 75.0 Å². The number of fused-ring (bicyclic) bond motifs is 2. The molecule has 34 heavy (non-hydrogen) atoms. The van der Waals surface area contributed by atoms with Crippen molar-refractivity contribution >= 4 is 28.7 Å². The van der Waals surface area contributed by atoms with E-state index in [1.165, 1.54) is 11.1 Å². The summed E-state index contributed by atoms with van der Waals surface area (Å²) in [7, 11) is 0. The number of amides is 1. The number of halogens is 1. The number of hydrazine groups is 1. The van der Waals surface area contributed by atoms with Crippen LogP contribution in [-0.2, 0) is 16.1 Å². The average molecular weight is 466 g/mol. The van der Waals surface area contributed by atoms with Crippen molar-refractivity contribution in [3.63, 3.8) is 0 Å². The number of benzene rings is 2. The largest absolute Gasteiger partial charge is 0.465 e. The molecular formula is C26H28FN3O4.